The van der Waals surface area contributed by atoms with Gasteiger partial charge < -0.3 is 10.6 Å². The molecule has 1 aliphatic rings. The van der Waals surface area contributed by atoms with Crippen molar-refractivity contribution in [2.75, 3.05) is 23.7 Å². The van der Waals surface area contributed by atoms with E-state index in [-0.39, 0.29) is 11.8 Å². The summed E-state index contributed by atoms with van der Waals surface area (Å²) in [5.74, 6) is 0.452. The number of para-hydroxylation sites is 1. The van der Waals surface area contributed by atoms with Gasteiger partial charge in [-0.15, -0.1) is 5.10 Å². The van der Waals surface area contributed by atoms with Gasteiger partial charge in [-0.2, -0.15) is 9.67 Å². The van der Waals surface area contributed by atoms with Gasteiger partial charge in [-0.1, -0.05) is 25.0 Å². The van der Waals surface area contributed by atoms with Crippen LogP contribution in [-0.4, -0.2) is 27.9 Å². The number of rotatable bonds is 2. The Hall–Kier alpha value is -2.11. The van der Waals surface area contributed by atoms with Crippen LogP contribution in [0.1, 0.15) is 25.7 Å². The average Bonchev–Trinajstić information content (AvgIpc) is 2.67. The number of hydrogen-bond donors (Lipinski definition) is 1. The van der Waals surface area contributed by atoms with Gasteiger partial charge in [0.15, 0.2) is 0 Å². The number of nitrogen functional groups attached to an aromatic ring is 1. The second kappa shape index (κ2) is 5.48. The molecule has 0 radical (unpaired) electrons. The molecule has 1 aromatic heterocycles. The van der Waals surface area contributed by atoms with Crippen molar-refractivity contribution in [3.05, 3.63) is 30.1 Å². The summed E-state index contributed by atoms with van der Waals surface area (Å²) in [4.78, 5) is 6.41. The number of aromatic nitrogens is 3. The van der Waals surface area contributed by atoms with Gasteiger partial charge in [0.05, 0.1) is 0 Å². The molecular formula is C14H18FN5. The van der Waals surface area contributed by atoms with Crippen molar-refractivity contribution in [1.82, 2.24) is 14.8 Å². The van der Waals surface area contributed by atoms with Gasteiger partial charge in [-0.3, -0.25) is 0 Å². The third kappa shape index (κ3) is 2.45. The average molecular weight is 275 g/mol. The highest BCUT2D eigenvalue weighted by atomic mass is 19.1. The zero-order valence-corrected chi connectivity index (χ0v) is 11.3. The first kappa shape index (κ1) is 12.9. The topological polar surface area (TPSA) is 60.0 Å². The molecule has 106 valence electrons. The predicted octanol–water partition coefficient (Wildman–Crippen LogP) is 2.37. The molecule has 5 nitrogen and oxygen atoms in total. The Morgan fingerprint density at radius 3 is 2.45 bits per heavy atom. The Labute approximate surface area is 117 Å². The van der Waals surface area contributed by atoms with Gasteiger partial charge in [-0.25, -0.2) is 4.39 Å². The molecule has 0 aliphatic carbocycles. The van der Waals surface area contributed by atoms with E-state index in [4.69, 9.17) is 5.73 Å². The fourth-order valence-electron chi connectivity index (χ4n) is 2.52. The van der Waals surface area contributed by atoms with Crippen LogP contribution in [0.3, 0.4) is 0 Å². The molecule has 3 rings (SSSR count). The lowest BCUT2D eigenvalue weighted by molar-refractivity contribution is 0.611. The van der Waals surface area contributed by atoms with Crippen LogP contribution in [0.25, 0.3) is 5.69 Å². The van der Waals surface area contributed by atoms with Crippen molar-refractivity contribution in [2.24, 2.45) is 0 Å². The summed E-state index contributed by atoms with van der Waals surface area (Å²) in [6.45, 7) is 1.86. The minimum Gasteiger partial charge on any atom is -0.368 e. The first-order valence-electron chi connectivity index (χ1n) is 6.98. The van der Waals surface area contributed by atoms with Gasteiger partial charge in [0.2, 0.25) is 11.9 Å². The van der Waals surface area contributed by atoms with Gasteiger partial charge >= 0.3 is 0 Å². The fourth-order valence-corrected chi connectivity index (χ4v) is 2.52. The van der Waals surface area contributed by atoms with E-state index in [1.807, 2.05) is 0 Å². The summed E-state index contributed by atoms with van der Waals surface area (Å²) in [7, 11) is 0. The van der Waals surface area contributed by atoms with E-state index in [9.17, 15) is 4.39 Å². The maximum atomic E-state index is 13.8. The number of benzene rings is 1. The summed E-state index contributed by atoms with van der Waals surface area (Å²) in [6, 6.07) is 6.43. The van der Waals surface area contributed by atoms with Gasteiger partial charge in [0, 0.05) is 13.1 Å². The highest BCUT2D eigenvalue weighted by Crippen LogP contribution is 2.21. The van der Waals surface area contributed by atoms with Crippen LogP contribution in [0.5, 0.6) is 0 Å². The second-order valence-electron chi connectivity index (χ2n) is 5.03. The molecule has 0 spiro atoms. The molecule has 1 fully saturated rings. The normalized spacial score (nSPS) is 16.1. The van der Waals surface area contributed by atoms with Crippen molar-refractivity contribution in [1.29, 1.82) is 0 Å². The summed E-state index contributed by atoms with van der Waals surface area (Å²) in [5.41, 5.74) is 6.22. The maximum Gasteiger partial charge on any atom is 0.246 e. The second-order valence-corrected chi connectivity index (χ2v) is 5.03. The van der Waals surface area contributed by atoms with E-state index in [1.54, 1.807) is 18.2 Å². The zero-order chi connectivity index (χ0) is 13.9. The molecule has 1 aromatic carbocycles. The molecule has 1 saturated heterocycles. The minimum absolute atomic E-state index is 0.217. The monoisotopic (exact) mass is 275 g/mol. The third-order valence-corrected chi connectivity index (χ3v) is 3.59. The van der Waals surface area contributed by atoms with E-state index < -0.39 is 0 Å². The number of nitrogens with two attached hydrogens (primary N) is 1. The summed E-state index contributed by atoms with van der Waals surface area (Å²) in [5, 5.41) is 4.37. The Balaban J connectivity index is 1.93. The maximum absolute atomic E-state index is 13.8. The Bertz CT molecular complexity index is 587. The lowest BCUT2D eigenvalue weighted by Crippen LogP contribution is -2.25. The molecule has 0 atom stereocenters. The minimum atomic E-state index is -0.355. The lowest BCUT2D eigenvalue weighted by atomic mass is 10.2. The van der Waals surface area contributed by atoms with Crippen LogP contribution in [0, 0.1) is 5.82 Å². The van der Waals surface area contributed by atoms with E-state index in [1.165, 1.54) is 23.6 Å². The third-order valence-electron chi connectivity index (χ3n) is 3.59. The predicted molar refractivity (Wildman–Crippen MR) is 76.4 cm³/mol. The highest BCUT2D eigenvalue weighted by molar-refractivity contribution is 5.43. The SMILES string of the molecule is Nc1nc(N2CCCCCC2)nn1-c1ccccc1F. The Morgan fingerprint density at radius 2 is 1.75 bits per heavy atom. The first-order valence-corrected chi connectivity index (χ1v) is 6.98. The molecule has 0 saturated carbocycles. The molecule has 0 bridgehead atoms. The number of anilines is 2. The van der Waals surface area contributed by atoms with Gasteiger partial charge in [0.1, 0.15) is 11.5 Å². The number of halogens is 1. The zero-order valence-electron chi connectivity index (χ0n) is 11.3. The van der Waals surface area contributed by atoms with Gasteiger partial charge in [-0.05, 0) is 25.0 Å². The summed E-state index contributed by atoms with van der Waals surface area (Å²) in [6.07, 6.45) is 4.74. The molecule has 2 heterocycles. The molecule has 0 amide bonds. The van der Waals surface area contributed by atoms with Crippen molar-refractivity contribution < 1.29 is 4.39 Å². The number of nitrogens with zero attached hydrogens (tertiary/aromatic N) is 4. The van der Waals surface area contributed by atoms with Crippen LogP contribution in [-0.2, 0) is 0 Å². The van der Waals surface area contributed by atoms with E-state index in [0.29, 0.717) is 11.6 Å². The molecular weight excluding hydrogens is 257 g/mol. The molecule has 0 unspecified atom stereocenters. The molecule has 2 aromatic rings. The van der Waals surface area contributed by atoms with Crippen LogP contribution < -0.4 is 10.6 Å². The summed E-state index contributed by atoms with van der Waals surface area (Å²) >= 11 is 0. The van der Waals surface area contributed by atoms with E-state index in [0.717, 1.165) is 25.9 Å². The van der Waals surface area contributed by atoms with Crippen LogP contribution in [0.4, 0.5) is 16.3 Å². The summed E-state index contributed by atoms with van der Waals surface area (Å²) < 4.78 is 15.2. The quantitative estimate of drug-likeness (QED) is 0.914. The van der Waals surface area contributed by atoms with Crippen molar-refractivity contribution in [2.45, 2.75) is 25.7 Å². The van der Waals surface area contributed by atoms with Crippen molar-refractivity contribution >= 4 is 11.9 Å². The van der Waals surface area contributed by atoms with Crippen LogP contribution in [0.2, 0.25) is 0 Å². The first-order chi connectivity index (χ1) is 9.75. The van der Waals surface area contributed by atoms with E-state index >= 15 is 0 Å². The molecule has 1 aliphatic heterocycles. The largest absolute Gasteiger partial charge is 0.368 e. The Morgan fingerprint density at radius 1 is 1.05 bits per heavy atom. The molecule has 2 N–H and O–H groups in total. The van der Waals surface area contributed by atoms with Gasteiger partial charge in [0.25, 0.3) is 0 Å². The smallest absolute Gasteiger partial charge is 0.246 e. The number of hydrogen-bond acceptors (Lipinski definition) is 4. The lowest BCUT2D eigenvalue weighted by Gasteiger charge is -2.17. The van der Waals surface area contributed by atoms with E-state index in [2.05, 4.69) is 15.0 Å². The molecule has 6 heteroatoms. The fraction of sp³-hybridized carbons (Fsp3) is 0.429. The standard InChI is InChI=1S/C14H18FN5/c15-11-7-3-4-8-12(11)20-13(16)17-14(18-20)19-9-5-1-2-6-10-19/h3-4,7-8H,1-2,5-6,9-10H2,(H2,16,17,18). The van der Waals surface area contributed by atoms with Crippen molar-refractivity contribution in [3.8, 4) is 5.69 Å². The van der Waals surface area contributed by atoms with Crippen LogP contribution in [0.15, 0.2) is 24.3 Å². The Kier molecular flexibility index (Phi) is 3.54. The molecule has 20 heavy (non-hydrogen) atoms. The van der Waals surface area contributed by atoms with Crippen molar-refractivity contribution in [3.63, 3.8) is 0 Å². The highest BCUT2D eigenvalue weighted by Gasteiger charge is 2.18. The van der Waals surface area contributed by atoms with Crippen LogP contribution >= 0.6 is 0 Å².